The molecule has 0 radical (unpaired) electrons. The van der Waals surface area contributed by atoms with Crippen LogP contribution in [0.5, 0.6) is 0 Å². The molecule has 1 heterocycles. The lowest BCUT2D eigenvalue weighted by Crippen LogP contribution is -2.15. The van der Waals surface area contributed by atoms with Gasteiger partial charge in [0.05, 0.1) is 4.92 Å². The number of rotatable bonds is 3. The number of nitro groups is 1. The maximum atomic E-state index is 13.1. The van der Waals surface area contributed by atoms with Crippen LogP contribution in [0.1, 0.15) is 16.4 Å². The van der Waals surface area contributed by atoms with Gasteiger partial charge in [0, 0.05) is 12.1 Å². The zero-order valence-corrected chi connectivity index (χ0v) is 9.68. The van der Waals surface area contributed by atoms with Crippen LogP contribution in [0.2, 0.25) is 0 Å². The number of nitro benzene ring substituents is 1. The zero-order valence-electron chi connectivity index (χ0n) is 9.68. The molecule has 2 rings (SSSR count). The van der Waals surface area contributed by atoms with Crippen LogP contribution in [0.4, 0.5) is 15.8 Å². The second-order valence-corrected chi connectivity index (χ2v) is 3.62. The first-order chi connectivity index (χ1) is 8.97. The van der Waals surface area contributed by atoms with E-state index in [0.717, 1.165) is 18.2 Å². The van der Waals surface area contributed by atoms with Gasteiger partial charge in [0.2, 0.25) is 5.82 Å². The van der Waals surface area contributed by atoms with Crippen molar-refractivity contribution < 1.29 is 14.1 Å². The summed E-state index contributed by atoms with van der Waals surface area (Å²) >= 11 is 0. The number of aromatic nitrogens is 3. The van der Waals surface area contributed by atoms with Gasteiger partial charge in [-0.3, -0.25) is 20.0 Å². The lowest BCUT2D eigenvalue weighted by Gasteiger charge is -2.03. The molecule has 1 aromatic heterocycles. The predicted molar refractivity (Wildman–Crippen MR) is 62.1 cm³/mol. The molecule has 8 nitrogen and oxygen atoms in total. The quantitative estimate of drug-likeness (QED) is 0.643. The molecule has 0 fully saturated rings. The fourth-order valence-corrected chi connectivity index (χ4v) is 1.39. The summed E-state index contributed by atoms with van der Waals surface area (Å²) < 4.78 is 13.1. The molecule has 2 N–H and O–H groups in total. The Kier molecular flexibility index (Phi) is 3.19. The van der Waals surface area contributed by atoms with Crippen LogP contribution in [0, 0.1) is 22.9 Å². The number of aryl methyl sites for hydroxylation is 1. The maximum absolute atomic E-state index is 13.1. The van der Waals surface area contributed by atoms with Gasteiger partial charge in [-0.15, -0.1) is 5.10 Å². The van der Waals surface area contributed by atoms with Crippen LogP contribution in [0.15, 0.2) is 18.2 Å². The number of hydrogen-bond donors (Lipinski definition) is 2. The van der Waals surface area contributed by atoms with Crippen molar-refractivity contribution in [1.29, 1.82) is 0 Å². The van der Waals surface area contributed by atoms with Crippen molar-refractivity contribution in [1.82, 2.24) is 15.2 Å². The van der Waals surface area contributed by atoms with E-state index in [1.54, 1.807) is 6.92 Å². The zero-order chi connectivity index (χ0) is 14.0. The minimum Gasteiger partial charge on any atom is -0.313 e. The number of nitrogens with zero attached hydrogens (tertiary/aromatic N) is 3. The number of aromatic amines is 1. The fraction of sp³-hybridized carbons (Fsp3) is 0.100. The van der Waals surface area contributed by atoms with Gasteiger partial charge in [-0.2, -0.15) is 0 Å². The number of amides is 1. The van der Waals surface area contributed by atoms with E-state index in [1.807, 2.05) is 0 Å². The summed E-state index contributed by atoms with van der Waals surface area (Å²) in [7, 11) is 0. The Labute approximate surface area is 105 Å². The second kappa shape index (κ2) is 4.80. The molecule has 0 saturated carbocycles. The van der Waals surface area contributed by atoms with Crippen molar-refractivity contribution >= 4 is 17.3 Å². The van der Waals surface area contributed by atoms with Gasteiger partial charge in [-0.25, -0.2) is 9.37 Å². The Bertz CT molecular complexity index is 654. The summed E-state index contributed by atoms with van der Waals surface area (Å²) in [5.74, 6) is -1.24. The molecule has 2 aromatic rings. The van der Waals surface area contributed by atoms with Crippen molar-refractivity contribution in [2.75, 3.05) is 5.32 Å². The SMILES string of the molecule is Cc1nc(C(=O)Nc2cc(F)ccc2[N+](=O)[O-])n[nH]1. The van der Waals surface area contributed by atoms with Crippen molar-refractivity contribution in [3.63, 3.8) is 0 Å². The van der Waals surface area contributed by atoms with E-state index in [9.17, 15) is 19.3 Å². The predicted octanol–water partition coefficient (Wildman–Crippen LogP) is 1.41. The van der Waals surface area contributed by atoms with Gasteiger partial charge in [0.15, 0.2) is 0 Å². The van der Waals surface area contributed by atoms with E-state index >= 15 is 0 Å². The molecule has 9 heteroatoms. The maximum Gasteiger partial charge on any atom is 0.295 e. The Hall–Kier alpha value is -2.84. The smallest absolute Gasteiger partial charge is 0.295 e. The van der Waals surface area contributed by atoms with Crippen LogP contribution in [0.3, 0.4) is 0 Å². The highest BCUT2D eigenvalue weighted by molar-refractivity contribution is 6.02. The summed E-state index contributed by atoms with van der Waals surface area (Å²) in [4.78, 5) is 25.5. The molecule has 98 valence electrons. The average molecular weight is 265 g/mol. The minimum absolute atomic E-state index is 0.184. The van der Waals surface area contributed by atoms with Crippen molar-refractivity contribution in [2.45, 2.75) is 6.92 Å². The molecule has 0 saturated heterocycles. The third-order valence-electron chi connectivity index (χ3n) is 2.20. The number of carbonyl (C=O) groups is 1. The number of carbonyl (C=O) groups excluding carboxylic acids is 1. The number of benzene rings is 1. The fourth-order valence-electron chi connectivity index (χ4n) is 1.39. The normalized spacial score (nSPS) is 10.2. The van der Waals surface area contributed by atoms with E-state index in [-0.39, 0.29) is 11.5 Å². The van der Waals surface area contributed by atoms with Crippen LogP contribution in [-0.4, -0.2) is 26.0 Å². The van der Waals surface area contributed by atoms with Gasteiger partial charge >= 0.3 is 0 Å². The standard InChI is InChI=1S/C10H8FN5O3/c1-5-12-9(15-14-5)10(17)13-7-4-6(11)2-3-8(7)16(18)19/h2-4H,1H3,(H,13,17)(H,12,14,15). The van der Waals surface area contributed by atoms with Crippen molar-refractivity contribution in [2.24, 2.45) is 0 Å². The van der Waals surface area contributed by atoms with Crippen molar-refractivity contribution in [3.05, 3.63) is 45.8 Å². The lowest BCUT2D eigenvalue weighted by molar-refractivity contribution is -0.384. The first kappa shape index (κ1) is 12.6. The summed E-state index contributed by atoms with van der Waals surface area (Å²) in [6, 6.07) is 2.76. The molecule has 0 spiro atoms. The van der Waals surface area contributed by atoms with Crippen LogP contribution >= 0.6 is 0 Å². The van der Waals surface area contributed by atoms with E-state index in [2.05, 4.69) is 20.5 Å². The summed E-state index contributed by atoms with van der Waals surface area (Å²) in [6.45, 7) is 1.59. The van der Waals surface area contributed by atoms with E-state index in [4.69, 9.17) is 0 Å². The monoisotopic (exact) mass is 265 g/mol. The van der Waals surface area contributed by atoms with Gasteiger partial charge in [-0.1, -0.05) is 0 Å². The van der Waals surface area contributed by atoms with Crippen molar-refractivity contribution in [3.8, 4) is 0 Å². The second-order valence-electron chi connectivity index (χ2n) is 3.62. The number of nitrogens with one attached hydrogen (secondary N) is 2. The Morgan fingerprint density at radius 3 is 2.84 bits per heavy atom. The topological polar surface area (TPSA) is 114 Å². The summed E-state index contributed by atoms with van der Waals surface area (Å²) in [6.07, 6.45) is 0. The molecular formula is C10H8FN5O3. The van der Waals surface area contributed by atoms with E-state index in [0.29, 0.717) is 5.82 Å². The number of halogens is 1. The molecule has 0 unspecified atom stereocenters. The Morgan fingerprint density at radius 2 is 2.26 bits per heavy atom. The van der Waals surface area contributed by atoms with Gasteiger partial charge < -0.3 is 5.32 Å². The van der Waals surface area contributed by atoms with E-state index in [1.165, 1.54) is 0 Å². The number of H-pyrrole nitrogens is 1. The molecule has 0 bridgehead atoms. The minimum atomic E-state index is -0.766. The van der Waals surface area contributed by atoms with Gasteiger partial charge in [0.25, 0.3) is 11.6 Å². The Morgan fingerprint density at radius 1 is 1.53 bits per heavy atom. The summed E-state index contributed by atoms with van der Waals surface area (Å²) in [5, 5.41) is 19.0. The van der Waals surface area contributed by atoms with Crippen LogP contribution in [0.25, 0.3) is 0 Å². The lowest BCUT2D eigenvalue weighted by atomic mass is 10.2. The van der Waals surface area contributed by atoms with Gasteiger partial charge in [-0.05, 0) is 13.0 Å². The molecule has 0 aliphatic heterocycles. The highest BCUT2D eigenvalue weighted by Gasteiger charge is 2.19. The molecule has 0 atom stereocenters. The van der Waals surface area contributed by atoms with Gasteiger partial charge in [0.1, 0.15) is 17.3 Å². The molecule has 1 amide bonds. The average Bonchev–Trinajstić information content (AvgIpc) is 2.75. The third kappa shape index (κ3) is 2.70. The first-order valence-electron chi connectivity index (χ1n) is 5.11. The molecule has 19 heavy (non-hydrogen) atoms. The molecule has 0 aliphatic carbocycles. The first-order valence-corrected chi connectivity index (χ1v) is 5.11. The highest BCUT2D eigenvalue weighted by atomic mass is 19.1. The number of anilines is 1. The third-order valence-corrected chi connectivity index (χ3v) is 2.20. The van der Waals surface area contributed by atoms with Crippen LogP contribution < -0.4 is 5.32 Å². The summed E-state index contributed by atoms with van der Waals surface area (Å²) in [5.41, 5.74) is -0.667. The molecular weight excluding hydrogens is 257 g/mol. The molecule has 1 aromatic carbocycles. The largest absolute Gasteiger partial charge is 0.313 e. The number of hydrogen-bond acceptors (Lipinski definition) is 5. The van der Waals surface area contributed by atoms with E-state index < -0.39 is 22.3 Å². The highest BCUT2D eigenvalue weighted by Crippen LogP contribution is 2.25. The Balaban J connectivity index is 2.30. The molecule has 0 aliphatic rings. The van der Waals surface area contributed by atoms with Crippen LogP contribution in [-0.2, 0) is 0 Å².